The van der Waals surface area contributed by atoms with Crippen LogP contribution in [0.4, 0.5) is 0 Å². The molecule has 0 aromatic carbocycles. The number of hydrogen-bond donors (Lipinski definition) is 1. The molecule has 13 heavy (non-hydrogen) atoms. The fourth-order valence-electron chi connectivity index (χ4n) is 1.40. The molecule has 0 spiro atoms. The van der Waals surface area contributed by atoms with Gasteiger partial charge in [-0.1, -0.05) is 13.3 Å². The number of halogens is 1. The molecular formula is C10H18ClNO. The number of nitrogens with one attached hydrogen (secondary N) is 1. The fraction of sp³-hybridized carbons (Fsp3) is 0.900. The van der Waals surface area contributed by atoms with Crippen LogP contribution in [0.15, 0.2) is 0 Å². The number of carbonyl (C=O) groups is 1. The van der Waals surface area contributed by atoms with E-state index < -0.39 is 0 Å². The van der Waals surface area contributed by atoms with Crippen LogP contribution in [0.1, 0.15) is 39.0 Å². The van der Waals surface area contributed by atoms with Crippen LogP contribution in [-0.4, -0.2) is 17.8 Å². The summed E-state index contributed by atoms with van der Waals surface area (Å²) in [5.41, 5.74) is 0. The van der Waals surface area contributed by atoms with Gasteiger partial charge >= 0.3 is 0 Å². The van der Waals surface area contributed by atoms with E-state index in [2.05, 4.69) is 5.32 Å². The molecule has 1 rings (SSSR count). The molecule has 2 nitrogen and oxygen atoms in total. The Bertz CT molecular complexity index is 168. The van der Waals surface area contributed by atoms with Crippen LogP contribution in [-0.2, 0) is 4.79 Å². The summed E-state index contributed by atoms with van der Waals surface area (Å²) in [7, 11) is 0. The van der Waals surface area contributed by atoms with Gasteiger partial charge in [0, 0.05) is 13.0 Å². The molecule has 0 aliphatic heterocycles. The Labute approximate surface area is 85.0 Å². The van der Waals surface area contributed by atoms with E-state index in [0.29, 0.717) is 18.9 Å². The summed E-state index contributed by atoms with van der Waals surface area (Å²) in [5.74, 6) is 0.819. The second-order valence-corrected chi connectivity index (χ2v) is 4.43. The first-order valence-electron chi connectivity index (χ1n) is 5.13. The minimum Gasteiger partial charge on any atom is -0.355 e. The molecule has 1 N–H and O–H groups in total. The maximum absolute atomic E-state index is 11.3. The number of rotatable bonds is 5. The standard InChI is InChI=1S/C10H18ClNO/c1-2-9(11)7-12-10(13)6-8-4-3-5-8/h8-9H,2-7H2,1H3,(H,12,13). The van der Waals surface area contributed by atoms with Crippen LogP contribution in [0.5, 0.6) is 0 Å². The summed E-state index contributed by atoms with van der Waals surface area (Å²) in [6.07, 6.45) is 5.36. The van der Waals surface area contributed by atoms with Gasteiger partial charge in [0.05, 0.1) is 5.38 Å². The van der Waals surface area contributed by atoms with Crippen molar-refractivity contribution in [3.05, 3.63) is 0 Å². The molecule has 3 heteroatoms. The van der Waals surface area contributed by atoms with Gasteiger partial charge in [0.2, 0.25) is 5.91 Å². The smallest absolute Gasteiger partial charge is 0.220 e. The Hall–Kier alpha value is -0.240. The van der Waals surface area contributed by atoms with Crippen molar-refractivity contribution in [3.8, 4) is 0 Å². The van der Waals surface area contributed by atoms with Crippen molar-refractivity contribution in [2.45, 2.75) is 44.4 Å². The second-order valence-electron chi connectivity index (χ2n) is 3.81. The summed E-state index contributed by atoms with van der Waals surface area (Å²) in [4.78, 5) is 11.3. The fourth-order valence-corrected chi connectivity index (χ4v) is 1.48. The van der Waals surface area contributed by atoms with Gasteiger partial charge in [-0.2, -0.15) is 0 Å². The zero-order valence-electron chi connectivity index (χ0n) is 8.18. The van der Waals surface area contributed by atoms with Crippen LogP contribution >= 0.6 is 11.6 Å². The Kier molecular flexibility index (Phi) is 4.57. The van der Waals surface area contributed by atoms with Crippen LogP contribution in [0, 0.1) is 5.92 Å². The van der Waals surface area contributed by atoms with Gasteiger partial charge in [-0.15, -0.1) is 11.6 Å². The number of carbonyl (C=O) groups excluding carboxylic acids is 1. The lowest BCUT2D eigenvalue weighted by atomic mass is 9.83. The average Bonchev–Trinajstić information content (AvgIpc) is 2.07. The average molecular weight is 204 g/mol. The molecule has 1 unspecified atom stereocenters. The SMILES string of the molecule is CCC(Cl)CNC(=O)CC1CCC1. The van der Waals surface area contributed by atoms with Gasteiger partial charge in [-0.3, -0.25) is 4.79 Å². The highest BCUT2D eigenvalue weighted by molar-refractivity contribution is 6.20. The molecule has 1 amide bonds. The Morgan fingerprint density at radius 3 is 2.77 bits per heavy atom. The number of hydrogen-bond acceptors (Lipinski definition) is 1. The lowest BCUT2D eigenvalue weighted by Gasteiger charge is -2.24. The van der Waals surface area contributed by atoms with E-state index in [4.69, 9.17) is 11.6 Å². The number of amides is 1. The molecule has 0 heterocycles. The zero-order chi connectivity index (χ0) is 9.68. The molecule has 1 saturated carbocycles. The Morgan fingerprint density at radius 2 is 2.31 bits per heavy atom. The van der Waals surface area contributed by atoms with Crippen molar-refractivity contribution in [2.75, 3.05) is 6.54 Å². The van der Waals surface area contributed by atoms with E-state index in [1.807, 2.05) is 6.92 Å². The van der Waals surface area contributed by atoms with Gasteiger partial charge < -0.3 is 5.32 Å². The van der Waals surface area contributed by atoms with Gasteiger partial charge in [-0.25, -0.2) is 0 Å². The van der Waals surface area contributed by atoms with Crippen molar-refractivity contribution in [1.29, 1.82) is 0 Å². The first-order chi connectivity index (χ1) is 6.22. The molecule has 0 saturated heterocycles. The molecule has 0 bridgehead atoms. The summed E-state index contributed by atoms with van der Waals surface area (Å²) in [6.45, 7) is 2.64. The van der Waals surface area contributed by atoms with Crippen LogP contribution < -0.4 is 5.32 Å². The molecular weight excluding hydrogens is 186 g/mol. The molecule has 0 aromatic rings. The predicted octanol–water partition coefficient (Wildman–Crippen LogP) is 2.31. The van der Waals surface area contributed by atoms with E-state index in [1.165, 1.54) is 19.3 Å². The van der Waals surface area contributed by atoms with Crippen molar-refractivity contribution in [1.82, 2.24) is 5.32 Å². The highest BCUT2D eigenvalue weighted by Gasteiger charge is 2.20. The third kappa shape index (κ3) is 3.99. The second kappa shape index (κ2) is 5.48. The zero-order valence-corrected chi connectivity index (χ0v) is 8.94. The Balaban J connectivity index is 2.03. The van der Waals surface area contributed by atoms with E-state index in [0.717, 1.165) is 6.42 Å². The van der Waals surface area contributed by atoms with Gasteiger partial charge in [0.15, 0.2) is 0 Å². The van der Waals surface area contributed by atoms with Crippen molar-refractivity contribution >= 4 is 17.5 Å². The predicted molar refractivity (Wildman–Crippen MR) is 54.9 cm³/mol. The lowest BCUT2D eigenvalue weighted by Crippen LogP contribution is -2.32. The summed E-state index contributed by atoms with van der Waals surface area (Å²) < 4.78 is 0. The maximum Gasteiger partial charge on any atom is 0.220 e. The highest BCUT2D eigenvalue weighted by Crippen LogP contribution is 2.28. The first kappa shape index (κ1) is 10.8. The summed E-state index contributed by atoms with van der Waals surface area (Å²) >= 11 is 5.88. The molecule has 0 radical (unpaired) electrons. The van der Waals surface area contributed by atoms with Crippen molar-refractivity contribution in [3.63, 3.8) is 0 Å². The quantitative estimate of drug-likeness (QED) is 0.683. The van der Waals surface area contributed by atoms with Gasteiger partial charge in [0.1, 0.15) is 0 Å². The van der Waals surface area contributed by atoms with Gasteiger partial charge in [-0.05, 0) is 25.2 Å². The first-order valence-corrected chi connectivity index (χ1v) is 5.56. The molecule has 1 aliphatic rings. The largest absolute Gasteiger partial charge is 0.355 e. The van der Waals surface area contributed by atoms with E-state index in [-0.39, 0.29) is 11.3 Å². The van der Waals surface area contributed by atoms with Crippen LogP contribution in [0.25, 0.3) is 0 Å². The molecule has 0 aromatic heterocycles. The topological polar surface area (TPSA) is 29.1 Å². The summed E-state index contributed by atoms with van der Waals surface area (Å²) in [5, 5.41) is 2.95. The van der Waals surface area contributed by atoms with Crippen LogP contribution in [0.2, 0.25) is 0 Å². The van der Waals surface area contributed by atoms with E-state index in [9.17, 15) is 4.79 Å². The maximum atomic E-state index is 11.3. The number of alkyl halides is 1. The monoisotopic (exact) mass is 203 g/mol. The molecule has 76 valence electrons. The van der Waals surface area contributed by atoms with Crippen molar-refractivity contribution in [2.24, 2.45) is 5.92 Å². The van der Waals surface area contributed by atoms with Crippen LogP contribution in [0.3, 0.4) is 0 Å². The third-order valence-electron chi connectivity index (χ3n) is 2.66. The minimum atomic E-state index is 0.0883. The Morgan fingerprint density at radius 1 is 1.62 bits per heavy atom. The van der Waals surface area contributed by atoms with Crippen molar-refractivity contribution < 1.29 is 4.79 Å². The molecule has 1 aliphatic carbocycles. The van der Waals surface area contributed by atoms with Gasteiger partial charge in [0.25, 0.3) is 0 Å². The highest BCUT2D eigenvalue weighted by atomic mass is 35.5. The molecule has 1 atom stereocenters. The lowest BCUT2D eigenvalue weighted by molar-refractivity contribution is -0.122. The third-order valence-corrected chi connectivity index (χ3v) is 3.13. The molecule has 1 fully saturated rings. The minimum absolute atomic E-state index is 0.0883. The normalized spacial score (nSPS) is 19.2. The summed E-state index contributed by atoms with van der Waals surface area (Å²) in [6, 6.07) is 0. The van der Waals surface area contributed by atoms with E-state index >= 15 is 0 Å². The van der Waals surface area contributed by atoms with E-state index in [1.54, 1.807) is 0 Å².